The van der Waals surface area contributed by atoms with Crippen LogP contribution in [0.25, 0.3) is 10.9 Å². The Kier molecular flexibility index (Phi) is 5.71. The van der Waals surface area contributed by atoms with Crippen molar-refractivity contribution in [2.75, 3.05) is 7.11 Å². The van der Waals surface area contributed by atoms with Gasteiger partial charge in [0.2, 0.25) is 0 Å². The molecule has 1 atom stereocenters. The van der Waals surface area contributed by atoms with Crippen molar-refractivity contribution >= 4 is 28.4 Å². The summed E-state index contributed by atoms with van der Waals surface area (Å²) in [5.41, 5.74) is 3.02. The molecule has 1 amide bonds. The van der Waals surface area contributed by atoms with E-state index in [0.717, 1.165) is 16.6 Å². The molecule has 1 aromatic heterocycles. The van der Waals surface area contributed by atoms with Gasteiger partial charge in [0.15, 0.2) is 11.5 Å². The number of amides is 1. The minimum Gasteiger partial charge on any atom is -0.504 e. The fourth-order valence-corrected chi connectivity index (χ4v) is 3.42. The molecule has 0 bridgehead atoms. The molecule has 0 saturated carbocycles. The number of fused-ring (bicyclic) bond motifs is 1. The highest BCUT2D eigenvalue weighted by atomic mass is 35.5. The average molecular weight is 413 g/mol. The molecule has 6 heteroatoms. The largest absolute Gasteiger partial charge is 0.504 e. The molecule has 0 aliphatic carbocycles. The SMILES string of the molecule is COc1cc(C(C)NC(=O)c2ccc3nc(C(C)(C)C)ccc3c2)c(Cl)cc1O. The number of phenolic OH excluding ortho intramolecular Hbond substituents is 1. The molecular formula is C23H25ClN2O3. The summed E-state index contributed by atoms with van der Waals surface area (Å²) in [6, 6.07) is 12.1. The number of aromatic hydroxyl groups is 1. The van der Waals surface area contributed by atoms with Crippen LogP contribution in [0.1, 0.15) is 55.4 Å². The maximum Gasteiger partial charge on any atom is 0.251 e. The first-order valence-electron chi connectivity index (χ1n) is 9.38. The summed E-state index contributed by atoms with van der Waals surface area (Å²) in [5.74, 6) is 0.0377. The lowest BCUT2D eigenvalue weighted by atomic mass is 9.91. The third-order valence-corrected chi connectivity index (χ3v) is 5.16. The zero-order valence-corrected chi connectivity index (χ0v) is 18.0. The van der Waals surface area contributed by atoms with Crippen molar-refractivity contribution in [2.24, 2.45) is 0 Å². The van der Waals surface area contributed by atoms with Gasteiger partial charge in [0, 0.05) is 33.1 Å². The number of nitrogens with one attached hydrogen (secondary N) is 1. The Labute approximate surface area is 175 Å². The van der Waals surface area contributed by atoms with Crippen molar-refractivity contribution < 1.29 is 14.6 Å². The lowest BCUT2D eigenvalue weighted by Crippen LogP contribution is -2.26. The molecule has 1 unspecified atom stereocenters. The number of nitrogens with zero attached hydrogens (tertiary/aromatic N) is 1. The number of ether oxygens (including phenoxy) is 1. The lowest BCUT2D eigenvalue weighted by Gasteiger charge is -2.19. The van der Waals surface area contributed by atoms with Crippen molar-refractivity contribution in [1.29, 1.82) is 0 Å². The second-order valence-corrected chi connectivity index (χ2v) is 8.50. The number of aromatic nitrogens is 1. The first-order valence-corrected chi connectivity index (χ1v) is 9.76. The summed E-state index contributed by atoms with van der Waals surface area (Å²) in [7, 11) is 1.46. The van der Waals surface area contributed by atoms with Gasteiger partial charge in [0.25, 0.3) is 5.91 Å². The minimum absolute atomic E-state index is 0.0376. The number of hydrogen-bond acceptors (Lipinski definition) is 4. The van der Waals surface area contributed by atoms with Crippen molar-refractivity contribution in [1.82, 2.24) is 10.3 Å². The summed E-state index contributed by atoms with van der Waals surface area (Å²) in [6.45, 7) is 8.18. The molecule has 0 saturated heterocycles. The number of benzene rings is 2. The molecule has 0 aliphatic rings. The molecule has 2 aromatic carbocycles. The Morgan fingerprint density at radius 1 is 1.17 bits per heavy atom. The number of methoxy groups -OCH3 is 1. The third kappa shape index (κ3) is 4.46. The highest BCUT2D eigenvalue weighted by Gasteiger charge is 2.18. The first-order chi connectivity index (χ1) is 13.6. The van der Waals surface area contributed by atoms with E-state index < -0.39 is 0 Å². The van der Waals surface area contributed by atoms with Crippen molar-refractivity contribution in [3.05, 3.63) is 64.3 Å². The van der Waals surface area contributed by atoms with Crippen LogP contribution in [0.3, 0.4) is 0 Å². The molecule has 1 heterocycles. The second-order valence-electron chi connectivity index (χ2n) is 8.09. The monoisotopic (exact) mass is 412 g/mol. The van der Waals surface area contributed by atoms with Gasteiger partial charge in [-0.05, 0) is 42.8 Å². The van der Waals surface area contributed by atoms with Crippen LogP contribution in [0.4, 0.5) is 0 Å². The smallest absolute Gasteiger partial charge is 0.251 e. The molecule has 2 N–H and O–H groups in total. The minimum atomic E-state index is -0.374. The van der Waals surface area contributed by atoms with E-state index in [1.807, 2.05) is 31.2 Å². The number of rotatable bonds is 4. The molecular weight excluding hydrogens is 388 g/mol. The van der Waals surface area contributed by atoms with Crippen LogP contribution in [0, 0.1) is 0 Å². The van der Waals surface area contributed by atoms with Gasteiger partial charge in [-0.2, -0.15) is 0 Å². The van der Waals surface area contributed by atoms with E-state index in [4.69, 9.17) is 21.3 Å². The fourth-order valence-electron chi connectivity index (χ4n) is 3.10. The van der Waals surface area contributed by atoms with Crippen LogP contribution >= 0.6 is 11.6 Å². The predicted octanol–water partition coefficient (Wildman–Crippen LogP) is 5.39. The number of pyridine rings is 1. The quantitative estimate of drug-likeness (QED) is 0.602. The number of hydrogen-bond donors (Lipinski definition) is 2. The van der Waals surface area contributed by atoms with Gasteiger partial charge in [0.1, 0.15) is 0 Å². The Morgan fingerprint density at radius 2 is 1.90 bits per heavy atom. The Bertz CT molecular complexity index is 1070. The van der Waals surface area contributed by atoms with Gasteiger partial charge in [0.05, 0.1) is 18.7 Å². The van der Waals surface area contributed by atoms with E-state index in [1.165, 1.54) is 13.2 Å². The van der Waals surface area contributed by atoms with Crippen molar-refractivity contribution in [2.45, 2.75) is 39.2 Å². The van der Waals surface area contributed by atoms with Crippen LogP contribution in [0.2, 0.25) is 5.02 Å². The molecule has 0 spiro atoms. The summed E-state index contributed by atoms with van der Waals surface area (Å²) in [4.78, 5) is 17.5. The van der Waals surface area contributed by atoms with Crippen molar-refractivity contribution in [3.63, 3.8) is 0 Å². The van der Waals surface area contributed by atoms with E-state index >= 15 is 0 Å². The van der Waals surface area contributed by atoms with Gasteiger partial charge >= 0.3 is 0 Å². The van der Waals surface area contributed by atoms with Gasteiger partial charge in [-0.1, -0.05) is 38.4 Å². The maximum atomic E-state index is 12.8. The predicted molar refractivity (Wildman–Crippen MR) is 116 cm³/mol. The van der Waals surface area contributed by atoms with Crippen LogP contribution in [0.15, 0.2) is 42.5 Å². The molecule has 152 valence electrons. The third-order valence-electron chi connectivity index (χ3n) is 4.83. The molecule has 29 heavy (non-hydrogen) atoms. The van der Waals surface area contributed by atoms with Crippen LogP contribution in [-0.4, -0.2) is 23.1 Å². The van der Waals surface area contributed by atoms with Gasteiger partial charge < -0.3 is 15.2 Å². The normalized spacial score (nSPS) is 12.6. The summed E-state index contributed by atoms with van der Waals surface area (Å²) >= 11 is 6.24. The molecule has 0 radical (unpaired) electrons. The van der Waals surface area contributed by atoms with E-state index in [9.17, 15) is 9.90 Å². The van der Waals surface area contributed by atoms with Crippen LogP contribution < -0.4 is 10.1 Å². The van der Waals surface area contributed by atoms with E-state index in [-0.39, 0.29) is 23.1 Å². The van der Waals surface area contributed by atoms with Gasteiger partial charge in [-0.15, -0.1) is 0 Å². The molecule has 0 fully saturated rings. The zero-order chi connectivity index (χ0) is 21.3. The topological polar surface area (TPSA) is 71.5 Å². The maximum absolute atomic E-state index is 12.8. The Balaban J connectivity index is 1.84. The van der Waals surface area contributed by atoms with E-state index in [0.29, 0.717) is 21.9 Å². The Hall–Kier alpha value is -2.79. The standard InChI is InChI=1S/C23H25ClN2O3/c1-13(16-11-20(29-5)19(27)12-17(16)24)25-22(28)15-6-8-18-14(10-15)7-9-21(26-18)23(2,3)4/h6-13,27H,1-5H3,(H,25,28). The van der Waals surface area contributed by atoms with E-state index in [2.05, 4.69) is 26.1 Å². The highest BCUT2D eigenvalue weighted by Crippen LogP contribution is 2.35. The number of carbonyl (C=O) groups excluding carboxylic acids is 1. The van der Waals surface area contributed by atoms with E-state index in [1.54, 1.807) is 12.1 Å². The van der Waals surface area contributed by atoms with Gasteiger partial charge in [-0.3, -0.25) is 9.78 Å². The van der Waals surface area contributed by atoms with Crippen LogP contribution in [-0.2, 0) is 5.41 Å². The second kappa shape index (κ2) is 7.91. The Morgan fingerprint density at radius 3 is 2.55 bits per heavy atom. The molecule has 3 rings (SSSR count). The summed E-state index contributed by atoms with van der Waals surface area (Å²) in [5, 5.41) is 14.0. The van der Waals surface area contributed by atoms with Crippen LogP contribution in [0.5, 0.6) is 11.5 Å². The summed E-state index contributed by atoms with van der Waals surface area (Å²) in [6.07, 6.45) is 0. The molecule has 5 nitrogen and oxygen atoms in total. The number of carbonyl (C=O) groups is 1. The number of phenols is 1. The highest BCUT2D eigenvalue weighted by molar-refractivity contribution is 6.31. The first kappa shape index (κ1) is 20.9. The van der Waals surface area contributed by atoms with Crippen molar-refractivity contribution in [3.8, 4) is 11.5 Å². The fraction of sp³-hybridized carbons (Fsp3) is 0.304. The summed E-state index contributed by atoms with van der Waals surface area (Å²) < 4.78 is 5.13. The zero-order valence-electron chi connectivity index (χ0n) is 17.2. The number of halogens is 1. The molecule has 3 aromatic rings. The lowest BCUT2D eigenvalue weighted by molar-refractivity contribution is 0.0940. The average Bonchev–Trinajstić information content (AvgIpc) is 2.66. The van der Waals surface area contributed by atoms with Gasteiger partial charge in [-0.25, -0.2) is 0 Å². The molecule has 0 aliphatic heterocycles.